The van der Waals surface area contributed by atoms with E-state index in [9.17, 15) is 4.79 Å². The van der Waals surface area contributed by atoms with Gasteiger partial charge in [0, 0.05) is 37.4 Å². The lowest BCUT2D eigenvalue weighted by atomic mass is 9.85. The van der Waals surface area contributed by atoms with Crippen LogP contribution in [0, 0.1) is 5.92 Å². The van der Waals surface area contributed by atoms with Gasteiger partial charge in [-0.2, -0.15) is 0 Å². The number of carbonyl (C=O) groups excluding carboxylic acids is 1. The fourth-order valence-electron chi connectivity index (χ4n) is 2.66. The van der Waals surface area contributed by atoms with Gasteiger partial charge in [0.2, 0.25) is 5.91 Å². The molecule has 2 rings (SSSR count). The van der Waals surface area contributed by atoms with Gasteiger partial charge in [-0.05, 0) is 32.1 Å². The topological polar surface area (TPSA) is 72.9 Å². The first-order valence-electron chi connectivity index (χ1n) is 7.25. The normalized spacial score (nSPS) is 23.2. The Hall–Kier alpha value is -1.36. The zero-order chi connectivity index (χ0) is 13.5. The zero-order valence-electron chi connectivity index (χ0n) is 11.4. The number of aryl methyl sites for hydroxylation is 1. The Bertz CT molecular complexity index is 377. The maximum atomic E-state index is 12.0. The van der Waals surface area contributed by atoms with Crippen molar-refractivity contribution in [3.63, 3.8) is 0 Å². The summed E-state index contributed by atoms with van der Waals surface area (Å²) < 4.78 is 2.06. The Morgan fingerprint density at radius 3 is 3.05 bits per heavy atom. The molecule has 0 aliphatic heterocycles. The van der Waals surface area contributed by atoms with Gasteiger partial charge in [-0.1, -0.05) is 6.42 Å². The molecule has 0 aromatic carbocycles. The molecule has 5 heteroatoms. The smallest absolute Gasteiger partial charge is 0.223 e. The first-order valence-corrected chi connectivity index (χ1v) is 7.25. The van der Waals surface area contributed by atoms with Gasteiger partial charge in [0.05, 0.1) is 6.33 Å². The Kier molecular flexibility index (Phi) is 5.39. The molecule has 1 amide bonds. The van der Waals surface area contributed by atoms with Crippen molar-refractivity contribution in [1.29, 1.82) is 0 Å². The number of nitrogens with zero attached hydrogens (tertiary/aromatic N) is 2. The number of carbonyl (C=O) groups is 1. The molecule has 2 unspecified atom stereocenters. The molecule has 1 aromatic heterocycles. The Morgan fingerprint density at radius 1 is 1.42 bits per heavy atom. The SMILES string of the molecule is NC1CCCC(C(=O)NCCCCn2ccnc2)C1. The third-order valence-electron chi connectivity index (χ3n) is 3.79. The molecule has 0 saturated heterocycles. The zero-order valence-corrected chi connectivity index (χ0v) is 11.4. The van der Waals surface area contributed by atoms with E-state index in [4.69, 9.17) is 5.73 Å². The Balaban J connectivity index is 1.56. The van der Waals surface area contributed by atoms with Crippen molar-refractivity contribution in [2.24, 2.45) is 11.7 Å². The number of nitrogens with one attached hydrogen (secondary N) is 1. The average molecular weight is 264 g/mol. The van der Waals surface area contributed by atoms with Crippen LogP contribution in [0.2, 0.25) is 0 Å². The van der Waals surface area contributed by atoms with E-state index in [0.29, 0.717) is 0 Å². The van der Waals surface area contributed by atoms with E-state index in [1.54, 1.807) is 6.20 Å². The minimum Gasteiger partial charge on any atom is -0.356 e. The van der Waals surface area contributed by atoms with Gasteiger partial charge in [-0.25, -0.2) is 4.98 Å². The molecule has 1 aliphatic rings. The number of unbranched alkanes of at least 4 members (excludes halogenated alkanes) is 1. The van der Waals surface area contributed by atoms with Crippen LogP contribution in [0.1, 0.15) is 38.5 Å². The number of aromatic nitrogens is 2. The van der Waals surface area contributed by atoms with E-state index in [1.807, 2.05) is 12.5 Å². The quantitative estimate of drug-likeness (QED) is 0.761. The van der Waals surface area contributed by atoms with Crippen molar-refractivity contribution >= 4 is 5.91 Å². The number of amides is 1. The van der Waals surface area contributed by atoms with Crippen molar-refractivity contribution in [3.05, 3.63) is 18.7 Å². The highest BCUT2D eigenvalue weighted by molar-refractivity contribution is 5.78. The van der Waals surface area contributed by atoms with E-state index in [-0.39, 0.29) is 17.9 Å². The van der Waals surface area contributed by atoms with Gasteiger partial charge < -0.3 is 15.6 Å². The van der Waals surface area contributed by atoms with Crippen LogP contribution in [0.5, 0.6) is 0 Å². The van der Waals surface area contributed by atoms with Gasteiger partial charge in [0.15, 0.2) is 0 Å². The molecular formula is C14H24N4O. The van der Waals surface area contributed by atoms with Crippen molar-refractivity contribution in [2.75, 3.05) is 6.54 Å². The summed E-state index contributed by atoms with van der Waals surface area (Å²) in [6, 6.07) is 0.214. The largest absolute Gasteiger partial charge is 0.356 e. The molecule has 1 saturated carbocycles. The van der Waals surface area contributed by atoms with Crippen LogP contribution in [-0.2, 0) is 11.3 Å². The highest BCUT2D eigenvalue weighted by atomic mass is 16.1. The minimum atomic E-state index is 0.136. The maximum Gasteiger partial charge on any atom is 0.223 e. The summed E-state index contributed by atoms with van der Waals surface area (Å²) in [5.41, 5.74) is 5.90. The second-order valence-corrected chi connectivity index (χ2v) is 5.42. The second-order valence-electron chi connectivity index (χ2n) is 5.42. The molecule has 0 bridgehead atoms. The first kappa shape index (κ1) is 14.1. The van der Waals surface area contributed by atoms with E-state index in [0.717, 1.165) is 51.6 Å². The number of imidazole rings is 1. The second kappa shape index (κ2) is 7.28. The minimum absolute atomic E-state index is 0.136. The van der Waals surface area contributed by atoms with Gasteiger partial charge in [-0.3, -0.25) is 4.79 Å². The van der Waals surface area contributed by atoms with Crippen LogP contribution >= 0.6 is 0 Å². The molecule has 5 nitrogen and oxygen atoms in total. The molecule has 1 fully saturated rings. The predicted molar refractivity (Wildman–Crippen MR) is 74.4 cm³/mol. The van der Waals surface area contributed by atoms with E-state index in [1.165, 1.54) is 0 Å². The maximum absolute atomic E-state index is 12.0. The van der Waals surface area contributed by atoms with Crippen LogP contribution in [-0.4, -0.2) is 28.0 Å². The fraction of sp³-hybridized carbons (Fsp3) is 0.714. The highest BCUT2D eigenvalue weighted by Crippen LogP contribution is 2.22. The van der Waals surface area contributed by atoms with Crippen LogP contribution in [0.25, 0.3) is 0 Å². The summed E-state index contributed by atoms with van der Waals surface area (Å²) in [7, 11) is 0. The van der Waals surface area contributed by atoms with E-state index in [2.05, 4.69) is 14.9 Å². The molecule has 1 aromatic rings. The summed E-state index contributed by atoms with van der Waals surface area (Å²) in [6.45, 7) is 1.73. The third kappa shape index (κ3) is 4.67. The first-order chi connectivity index (χ1) is 9.25. The van der Waals surface area contributed by atoms with Crippen LogP contribution in [0.15, 0.2) is 18.7 Å². The standard InChI is InChI=1S/C14H24N4O/c15-13-5-3-4-12(10-13)14(19)17-6-1-2-8-18-9-7-16-11-18/h7,9,11-13H,1-6,8,10,15H2,(H,17,19). The summed E-state index contributed by atoms with van der Waals surface area (Å²) in [6.07, 6.45) is 11.6. The predicted octanol–water partition coefficient (Wildman–Crippen LogP) is 1.30. The molecular weight excluding hydrogens is 240 g/mol. The number of rotatable bonds is 6. The van der Waals surface area contributed by atoms with Crippen molar-refractivity contribution in [2.45, 2.75) is 51.1 Å². The summed E-state index contributed by atoms with van der Waals surface area (Å²) >= 11 is 0. The van der Waals surface area contributed by atoms with Crippen molar-refractivity contribution in [3.8, 4) is 0 Å². The number of nitrogens with two attached hydrogens (primary N) is 1. The highest BCUT2D eigenvalue weighted by Gasteiger charge is 2.24. The fourth-order valence-corrected chi connectivity index (χ4v) is 2.66. The van der Waals surface area contributed by atoms with E-state index >= 15 is 0 Å². The lowest BCUT2D eigenvalue weighted by molar-refractivity contribution is -0.126. The Morgan fingerprint density at radius 2 is 2.32 bits per heavy atom. The van der Waals surface area contributed by atoms with Crippen molar-refractivity contribution in [1.82, 2.24) is 14.9 Å². The summed E-state index contributed by atoms with van der Waals surface area (Å²) in [4.78, 5) is 16.0. The molecule has 1 aliphatic carbocycles. The average Bonchev–Trinajstić information content (AvgIpc) is 2.91. The van der Waals surface area contributed by atoms with Gasteiger partial charge in [-0.15, -0.1) is 0 Å². The van der Waals surface area contributed by atoms with Crippen LogP contribution in [0.3, 0.4) is 0 Å². The lowest BCUT2D eigenvalue weighted by Gasteiger charge is -2.25. The summed E-state index contributed by atoms with van der Waals surface area (Å²) in [5.74, 6) is 0.329. The summed E-state index contributed by atoms with van der Waals surface area (Å²) in [5, 5.41) is 3.03. The van der Waals surface area contributed by atoms with Gasteiger partial charge in [0.1, 0.15) is 0 Å². The van der Waals surface area contributed by atoms with Crippen LogP contribution < -0.4 is 11.1 Å². The molecule has 0 radical (unpaired) electrons. The van der Waals surface area contributed by atoms with Crippen LogP contribution in [0.4, 0.5) is 0 Å². The third-order valence-corrected chi connectivity index (χ3v) is 3.79. The van der Waals surface area contributed by atoms with E-state index < -0.39 is 0 Å². The molecule has 2 atom stereocenters. The molecule has 0 spiro atoms. The molecule has 3 N–H and O–H groups in total. The molecule has 1 heterocycles. The monoisotopic (exact) mass is 264 g/mol. The number of hydrogen-bond donors (Lipinski definition) is 2. The van der Waals surface area contributed by atoms with Crippen molar-refractivity contribution < 1.29 is 4.79 Å². The van der Waals surface area contributed by atoms with Gasteiger partial charge in [0.25, 0.3) is 0 Å². The molecule has 106 valence electrons. The number of hydrogen-bond acceptors (Lipinski definition) is 3. The molecule has 19 heavy (non-hydrogen) atoms. The lowest BCUT2D eigenvalue weighted by Crippen LogP contribution is -2.38. The Labute approximate surface area is 114 Å². The van der Waals surface area contributed by atoms with Gasteiger partial charge >= 0.3 is 0 Å².